The molecule has 2 aromatic rings. The number of rotatable bonds is 3. The molecule has 5 nitrogen and oxygen atoms in total. The van der Waals surface area contributed by atoms with Crippen LogP contribution in [0.3, 0.4) is 0 Å². The third-order valence-corrected chi connectivity index (χ3v) is 7.77. The van der Waals surface area contributed by atoms with Crippen LogP contribution < -0.4 is 5.32 Å². The summed E-state index contributed by atoms with van der Waals surface area (Å²) in [7, 11) is -2.93. The first-order valence-corrected chi connectivity index (χ1v) is 11.9. The molecule has 146 valence electrons. The number of hydrogen-bond donors (Lipinski definition) is 2. The summed E-state index contributed by atoms with van der Waals surface area (Å²) >= 11 is 0. The Kier molecular flexibility index (Phi) is 5.26. The molecule has 2 N–H and O–H groups in total. The molecule has 1 fully saturated rings. The lowest BCUT2D eigenvalue weighted by atomic mass is 9.96. The van der Waals surface area contributed by atoms with Gasteiger partial charge in [0.2, 0.25) is 5.91 Å². The van der Waals surface area contributed by atoms with Crippen LogP contribution in [0.5, 0.6) is 0 Å². The van der Waals surface area contributed by atoms with Gasteiger partial charge >= 0.3 is 0 Å². The summed E-state index contributed by atoms with van der Waals surface area (Å²) in [5.74, 6) is 0.0675. The number of fused-ring (bicyclic) bond motifs is 3. The van der Waals surface area contributed by atoms with Crippen molar-refractivity contribution in [2.75, 3.05) is 11.5 Å². The summed E-state index contributed by atoms with van der Waals surface area (Å²) in [6.07, 6.45) is 8.25. The fourth-order valence-electron chi connectivity index (χ4n) is 4.40. The van der Waals surface area contributed by atoms with Crippen molar-refractivity contribution < 1.29 is 13.2 Å². The molecule has 1 aromatic carbocycles. The first-order chi connectivity index (χ1) is 13.0. The van der Waals surface area contributed by atoms with Crippen molar-refractivity contribution in [1.29, 1.82) is 0 Å². The molecule has 1 aliphatic heterocycles. The number of aryl methyl sites for hydroxylation is 2. The molecule has 1 saturated heterocycles. The second-order valence-corrected chi connectivity index (χ2v) is 10.3. The van der Waals surface area contributed by atoms with Crippen molar-refractivity contribution in [3.63, 3.8) is 0 Å². The van der Waals surface area contributed by atoms with Crippen LogP contribution >= 0.6 is 0 Å². The van der Waals surface area contributed by atoms with Gasteiger partial charge in [-0.3, -0.25) is 4.79 Å². The van der Waals surface area contributed by atoms with Crippen molar-refractivity contribution in [2.24, 2.45) is 5.92 Å². The van der Waals surface area contributed by atoms with E-state index in [-0.39, 0.29) is 23.3 Å². The molecule has 0 saturated carbocycles. The predicted molar refractivity (Wildman–Crippen MR) is 107 cm³/mol. The molecule has 0 atom stereocenters. The second-order valence-electron chi connectivity index (χ2n) is 8.02. The number of sulfone groups is 1. The Morgan fingerprint density at radius 3 is 2.59 bits per heavy atom. The van der Waals surface area contributed by atoms with Crippen LogP contribution in [0.25, 0.3) is 10.9 Å². The van der Waals surface area contributed by atoms with Crippen LogP contribution in [0.15, 0.2) is 18.2 Å². The lowest BCUT2D eigenvalue weighted by molar-refractivity contribution is -0.125. The molecule has 1 aromatic heterocycles. The maximum atomic E-state index is 12.4. The zero-order valence-electron chi connectivity index (χ0n) is 15.7. The van der Waals surface area contributed by atoms with Gasteiger partial charge in [-0.15, -0.1) is 0 Å². The van der Waals surface area contributed by atoms with Crippen LogP contribution in [0.4, 0.5) is 0 Å². The minimum Gasteiger partial charge on any atom is -0.358 e. The molecule has 4 rings (SSSR count). The second kappa shape index (κ2) is 7.66. The molecule has 6 heteroatoms. The molecule has 27 heavy (non-hydrogen) atoms. The number of amides is 1. The molecule has 1 amide bonds. The van der Waals surface area contributed by atoms with E-state index in [9.17, 15) is 13.2 Å². The normalized spacial score (nSPS) is 20.6. The van der Waals surface area contributed by atoms with Gasteiger partial charge in [-0.2, -0.15) is 0 Å². The van der Waals surface area contributed by atoms with Gasteiger partial charge in [-0.05, 0) is 61.8 Å². The van der Waals surface area contributed by atoms with Crippen molar-refractivity contribution in [3.8, 4) is 0 Å². The summed E-state index contributed by atoms with van der Waals surface area (Å²) in [5, 5.41) is 4.31. The van der Waals surface area contributed by atoms with Gasteiger partial charge < -0.3 is 10.3 Å². The van der Waals surface area contributed by atoms with E-state index in [1.807, 2.05) is 0 Å². The van der Waals surface area contributed by atoms with Gasteiger partial charge in [0.1, 0.15) is 9.84 Å². The Morgan fingerprint density at radius 1 is 1.07 bits per heavy atom. The van der Waals surface area contributed by atoms with Gasteiger partial charge in [-0.25, -0.2) is 8.42 Å². The number of benzene rings is 1. The number of hydrogen-bond acceptors (Lipinski definition) is 3. The van der Waals surface area contributed by atoms with E-state index in [4.69, 9.17) is 0 Å². The molecule has 0 radical (unpaired) electrons. The zero-order chi connectivity index (χ0) is 18.9. The summed E-state index contributed by atoms with van der Waals surface area (Å²) < 4.78 is 23.1. The van der Waals surface area contributed by atoms with Crippen LogP contribution in [0, 0.1) is 5.92 Å². The third-order valence-electron chi connectivity index (χ3n) is 6.05. The monoisotopic (exact) mass is 388 g/mol. The van der Waals surface area contributed by atoms with E-state index in [2.05, 4.69) is 28.5 Å². The molecule has 1 aliphatic carbocycles. The minimum absolute atomic E-state index is 0.0191. The maximum absolute atomic E-state index is 12.4. The first kappa shape index (κ1) is 18.5. The van der Waals surface area contributed by atoms with Gasteiger partial charge in [0.05, 0.1) is 11.5 Å². The molecule has 0 unspecified atom stereocenters. The minimum atomic E-state index is -2.93. The Labute approximate surface area is 160 Å². The van der Waals surface area contributed by atoms with E-state index >= 15 is 0 Å². The van der Waals surface area contributed by atoms with Crippen LogP contribution in [0.1, 0.15) is 55.3 Å². The lowest BCUT2D eigenvalue weighted by Crippen LogP contribution is -2.35. The first-order valence-electron chi connectivity index (χ1n) is 10.1. The standard InChI is InChI=1S/C21H28N2O3S/c24-21(16-9-11-27(25,26)12-10-16)22-14-15-7-8-20-18(13-15)17-5-3-1-2-4-6-19(17)23-20/h7-8,13,16,23H,1-6,9-12,14H2,(H,22,24). The highest BCUT2D eigenvalue weighted by Crippen LogP contribution is 2.29. The highest BCUT2D eigenvalue weighted by molar-refractivity contribution is 7.91. The Bertz CT molecular complexity index is 932. The number of aromatic nitrogens is 1. The average molecular weight is 389 g/mol. The van der Waals surface area contributed by atoms with Crippen molar-refractivity contribution in [3.05, 3.63) is 35.0 Å². The maximum Gasteiger partial charge on any atom is 0.223 e. The van der Waals surface area contributed by atoms with Crippen LogP contribution in [0.2, 0.25) is 0 Å². The molecule has 2 aliphatic rings. The van der Waals surface area contributed by atoms with Gasteiger partial charge in [0.25, 0.3) is 0 Å². The number of aromatic amines is 1. The van der Waals surface area contributed by atoms with E-state index in [1.165, 1.54) is 47.8 Å². The molecule has 2 heterocycles. The molecule has 0 spiro atoms. The largest absolute Gasteiger partial charge is 0.358 e. The van der Waals surface area contributed by atoms with Crippen molar-refractivity contribution in [2.45, 2.75) is 57.9 Å². The smallest absolute Gasteiger partial charge is 0.223 e. The summed E-state index contributed by atoms with van der Waals surface area (Å²) in [6, 6.07) is 6.39. The van der Waals surface area contributed by atoms with Crippen LogP contribution in [-0.2, 0) is 34.0 Å². The van der Waals surface area contributed by atoms with Gasteiger partial charge in [-0.1, -0.05) is 18.9 Å². The topological polar surface area (TPSA) is 79.0 Å². The number of nitrogens with one attached hydrogen (secondary N) is 2. The Balaban J connectivity index is 1.45. The summed E-state index contributed by atoms with van der Waals surface area (Å²) in [4.78, 5) is 16.0. The third kappa shape index (κ3) is 4.21. The van der Waals surface area contributed by atoms with Gasteiger partial charge in [0, 0.05) is 29.1 Å². The van der Waals surface area contributed by atoms with Gasteiger partial charge in [0.15, 0.2) is 0 Å². The number of H-pyrrole nitrogens is 1. The SMILES string of the molecule is O=C(NCc1ccc2[nH]c3c(c2c1)CCCCCC3)C1CCS(=O)(=O)CC1. The van der Waals surface area contributed by atoms with Crippen molar-refractivity contribution in [1.82, 2.24) is 10.3 Å². The number of carbonyl (C=O) groups excluding carboxylic acids is 1. The quantitative estimate of drug-likeness (QED) is 0.847. The summed E-state index contributed by atoms with van der Waals surface area (Å²) in [5.41, 5.74) is 5.13. The average Bonchev–Trinajstić information content (AvgIpc) is 2.95. The Hall–Kier alpha value is -1.82. The predicted octanol–water partition coefficient (Wildman–Crippen LogP) is 3.27. The summed E-state index contributed by atoms with van der Waals surface area (Å²) in [6.45, 7) is 0.498. The van der Waals surface area contributed by atoms with E-state index in [0.717, 1.165) is 18.4 Å². The highest BCUT2D eigenvalue weighted by atomic mass is 32.2. The molecular formula is C21H28N2O3S. The van der Waals surface area contributed by atoms with Crippen molar-refractivity contribution >= 4 is 26.6 Å². The molecular weight excluding hydrogens is 360 g/mol. The zero-order valence-corrected chi connectivity index (χ0v) is 16.5. The lowest BCUT2D eigenvalue weighted by Gasteiger charge is -2.21. The van der Waals surface area contributed by atoms with Crippen LogP contribution in [-0.4, -0.2) is 30.8 Å². The fraction of sp³-hybridized carbons (Fsp3) is 0.571. The molecule has 0 bridgehead atoms. The fourth-order valence-corrected chi connectivity index (χ4v) is 5.89. The number of carbonyl (C=O) groups is 1. The highest BCUT2D eigenvalue weighted by Gasteiger charge is 2.28. The van der Waals surface area contributed by atoms with E-state index in [1.54, 1.807) is 0 Å². The van der Waals surface area contributed by atoms with E-state index < -0.39 is 9.84 Å². The Morgan fingerprint density at radius 2 is 1.81 bits per heavy atom. The van der Waals surface area contributed by atoms with E-state index in [0.29, 0.717) is 19.4 Å².